The van der Waals surface area contributed by atoms with Crippen molar-refractivity contribution in [3.8, 4) is 5.75 Å². The molecule has 2 saturated heterocycles. The standard InChI is InChI=1S/C16H18F3NO6S/c17-16(18,19)27(23,24)26-11-3-1-2-10(8-11)12-9-25-15(13(12)14(21)22)4-6-20-7-5-15/h1-3,8,12-13,20H,4-7,9H2,(H,21,22)/t12-,13?/m1/s1. The van der Waals surface area contributed by atoms with Gasteiger partial charge in [-0.05, 0) is 43.6 Å². The summed E-state index contributed by atoms with van der Waals surface area (Å²) in [5.74, 6) is -3.11. The molecular weight excluding hydrogens is 391 g/mol. The Kier molecular flexibility index (Phi) is 5.12. The Hall–Kier alpha value is -1.85. The summed E-state index contributed by atoms with van der Waals surface area (Å²) in [6, 6.07) is 5.03. The van der Waals surface area contributed by atoms with Crippen molar-refractivity contribution in [3.63, 3.8) is 0 Å². The summed E-state index contributed by atoms with van der Waals surface area (Å²) < 4.78 is 69.9. The SMILES string of the molecule is O=C(O)C1[C@@H](c2cccc(OS(=O)(=O)C(F)(F)F)c2)COC12CCNCC2. The number of carboxylic acids is 1. The Labute approximate surface area is 153 Å². The third-order valence-corrected chi connectivity index (χ3v) is 5.99. The molecule has 0 bridgehead atoms. The number of ether oxygens (including phenoxy) is 1. The first kappa shape index (κ1) is 19.9. The molecule has 0 saturated carbocycles. The van der Waals surface area contributed by atoms with E-state index in [1.54, 1.807) is 0 Å². The van der Waals surface area contributed by atoms with E-state index in [1.165, 1.54) is 12.1 Å². The van der Waals surface area contributed by atoms with Crippen LogP contribution in [0.3, 0.4) is 0 Å². The van der Waals surface area contributed by atoms with Gasteiger partial charge in [0, 0.05) is 5.92 Å². The van der Waals surface area contributed by atoms with E-state index >= 15 is 0 Å². The van der Waals surface area contributed by atoms with Crippen LogP contribution in [0.25, 0.3) is 0 Å². The van der Waals surface area contributed by atoms with E-state index in [0.29, 0.717) is 31.5 Å². The van der Waals surface area contributed by atoms with Crippen molar-refractivity contribution >= 4 is 16.1 Å². The maximum atomic E-state index is 12.5. The number of halogens is 3. The highest BCUT2D eigenvalue weighted by atomic mass is 32.2. The lowest BCUT2D eigenvalue weighted by molar-refractivity contribution is -0.150. The van der Waals surface area contributed by atoms with Crippen LogP contribution in [0.4, 0.5) is 13.2 Å². The maximum Gasteiger partial charge on any atom is 0.534 e. The molecule has 0 aliphatic carbocycles. The van der Waals surface area contributed by atoms with Crippen molar-refractivity contribution in [2.75, 3.05) is 19.7 Å². The van der Waals surface area contributed by atoms with Crippen molar-refractivity contribution in [1.29, 1.82) is 0 Å². The highest BCUT2D eigenvalue weighted by Gasteiger charge is 2.54. The molecule has 1 spiro atoms. The first-order chi connectivity index (χ1) is 12.6. The summed E-state index contributed by atoms with van der Waals surface area (Å²) in [5.41, 5.74) is -6.05. The fourth-order valence-corrected chi connectivity index (χ4v) is 4.22. The molecule has 0 aromatic heterocycles. The van der Waals surface area contributed by atoms with Gasteiger partial charge in [-0.1, -0.05) is 12.1 Å². The molecule has 0 amide bonds. The number of carboxylic acid groups (broad SMARTS) is 1. The zero-order valence-corrected chi connectivity index (χ0v) is 14.8. The average Bonchev–Trinajstić information content (AvgIpc) is 2.93. The van der Waals surface area contributed by atoms with Gasteiger partial charge in [0.2, 0.25) is 0 Å². The maximum absolute atomic E-state index is 12.5. The molecule has 27 heavy (non-hydrogen) atoms. The molecule has 150 valence electrons. The van der Waals surface area contributed by atoms with Crippen molar-refractivity contribution in [2.24, 2.45) is 5.92 Å². The van der Waals surface area contributed by atoms with Crippen LogP contribution in [0.1, 0.15) is 24.3 Å². The van der Waals surface area contributed by atoms with Gasteiger partial charge >= 0.3 is 21.6 Å². The normalized spacial score (nSPS) is 25.4. The minimum Gasteiger partial charge on any atom is -0.481 e. The summed E-state index contributed by atoms with van der Waals surface area (Å²) >= 11 is 0. The second kappa shape index (κ2) is 6.95. The number of benzene rings is 1. The van der Waals surface area contributed by atoms with Crippen LogP contribution in [-0.2, 0) is 19.6 Å². The van der Waals surface area contributed by atoms with Crippen LogP contribution in [0.5, 0.6) is 5.75 Å². The molecule has 3 rings (SSSR count). The van der Waals surface area contributed by atoms with Crippen molar-refractivity contribution < 1.29 is 40.4 Å². The van der Waals surface area contributed by atoms with Crippen LogP contribution < -0.4 is 9.50 Å². The van der Waals surface area contributed by atoms with Gasteiger partial charge in [-0.25, -0.2) is 0 Å². The fourth-order valence-electron chi connectivity index (χ4n) is 3.77. The molecule has 7 nitrogen and oxygen atoms in total. The first-order valence-corrected chi connectivity index (χ1v) is 9.65. The molecule has 2 N–H and O–H groups in total. The minimum absolute atomic E-state index is 0.0758. The second-order valence-corrected chi connectivity index (χ2v) is 8.14. The summed E-state index contributed by atoms with van der Waals surface area (Å²) in [6.45, 7) is 1.28. The molecule has 1 aromatic rings. The van der Waals surface area contributed by atoms with Crippen molar-refractivity contribution in [3.05, 3.63) is 29.8 Å². The average molecular weight is 409 g/mol. The number of alkyl halides is 3. The number of nitrogens with one attached hydrogen (secondary N) is 1. The smallest absolute Gasteiger partial charge is 0.481 e. The zero-order valence-electron chi connectivity index (χ0n) is 14.0. The Bertz CT molecular complexity index is 820. The van der Waals surface area contributed by atoms with Crippen LogP contribution in [-0.4, -0.2) is 50.3 Å². The van der Waals surface area contributed by atoms with E-state index in [0.717, 1.165) is 12.1 Å². The lowest BCUT2D eigenvalue weighted by Gasteiger charge is -2.37. The number of hydrogen-bond donors (Lipinski definition) is 2. The van der Waals surface area contributed by atoms with Gasteiger partial charge in [-0.3, -0.25) is 4.79 Å². The van der Waals surface area contributed by atoms with Gasteiger partial charge in [0.15, 0.2) is 0 Å². The third kappa shape index (κ3) is 3.76. The Morgan fingerprint density at radius 1 is 1.30 bits per heavy atom. The number of piperidine rings is 1. The molecule has 11 heteroatoms. The zero-order chi connectivity index (χ0) is 19.9. The minimum atomic E-state index is -5.80. The van der Waals surface area contributed by atoms with Crippen molar-refractivity contribution in [2.45, 2.75) is 29.9 Å². The first-order valence-electron chi connectivity index (χ1n) is 8.24. The molecule has 1 aromatic carbocycles. The molecule has 2 aliphatic rings. The van der Waals surface area contributed by atoms with Crippen molar-refractivity contribution in [1.82, 2.24) is 5.32 Å². The number of aliphatic carboxylic acids is 1. The molecule has 2 aliphatic heterocycles. The second-order valence-electron chi connectivity index (χ2n) is 6.60. The summed E-state index contributed by atoms with van der Waals surface area (Å²) in [7, 11) is -5.80. The van der Waals surface area contributed by atoms with E-state index in [4.69, 9.17) is 4.74 Å². The lowest BCUT2D eigenvalue weighted by atomic mass is 9.73. The molecule has 2 heterocycles. The Morgan fingerprint density at radius 3 is 2.56 bits per heavy atom. The quantitative estimate of drug-likeness (QED) is 0.578. The van der Waals surface area contributed by atoms with E-state index in [-0.39, 0.29) is 6.61 Å². The van der Waals surface area contributed by atoms with Crippen LogP contribution in [0.15, 0.2) is 24.3 Å². The van der Waals surface area contributed by atoms with Gasteiger partial charge in [-0.2, -0.15) is 21.6 Å². The predicted molar refractivity (Wildman–Crippen MR) is 86.7 cm³/mol. The Balaban J connectivity index is 1.89. The molecule has 1 unspecified atom stereocenters. The molecule has 2 atom stereocenters. The van der Waals surface area contributed by atoms with E-state index in [2.05, 4.69) is 9.50 Å². The predicted octanol–water partition coefficient (Wildman–Crippen LogP) is 1.85. The van der Waals surface area contributed by atoms with Gasteiger partial charge in [0.05, 0.1) is 18.1 Å². The van der Waals surface area contributed by atoms with Gasteiger partial charge in [-0.15, -0.1) is 0 Å². The van der Waals surface area contributed by atoms with E-state index < -0.39 is 44.8 Å². The number of hydrogen-bond acceptors (Lipinski definition) is 6. The van der Waals surface area contributed by atoms with E-state index in [1.807, 2.05) is 0 Å². The monoisotopic (exact) mass is 409 g/mol. The van der Waals surface area contributed by atoms with Gasteiger partial charge in [0.25, 0.3) is 0 Å². The van der Waals surface area contributed by atoms with Gasteiger partial charge in [0.1, 0.15) is 5.75 Å². The Morgan fingerprint density at radius 2 is 1.96 bits per heavy atom. The number of rotatable bonds is 4. The largest absolute Gasteiger partial charge is 0.534 e. The topological polar surface area (TPSA) is 102 Å². The third-order valence-electron chi connectivity index (χ3n) is 5.01. The molecule has 2 fully saturated rings. The lowest BCUT2D eigenvalue weighted by Crippen LogP contribution is -2.49. The summed E-state index contributed by atoms with van der Waals surface area (Å²) in [5, 5.41) is 12.9. The summed E-state index contributed by atoms with van der Waals surface area (Å²) in [4.78, 5) is 11.9. The van der Waals surface area contributed by atoms with Crippen LogP contribution in [0, 0.1) is 5.92 Å². The van der Waals surface area contributed by atoms with Gasteiger partial charge < -0.3 is 19.3 Å². The molecular formula is C16H18F3NO6S. The van der Waals surface area contributed by atoms with E-state index in [9.17, 15) is 31.5 Å². The van der Waals surface area contributed by atoms with Crippen LogP contribution in [0.2, 0.25) is 0 Å². The highest BCUT2D eigenvalue weighted by Crippen LogP contribution is 2.47. The highest BCUT2D eigenvalue weighted by molar-refractivity contribution is 7.88. The molecule has 0 radical (unpaired) electrons. The summed E-state index contributed by atoms with van der Waals surface area (Å²) in [6.07, 6.45) is 0.998. The fraction of sp³-hybridized carbons (Fsp3) is 0.562. The number of carbonyl (C=O) groups is 1. The van der Waals surface area contributed by atoms with Crippen LogP contribution >= 0.6 is 0 Å².